The molecule has 0 aromatic carbocycles. The van der Waals surface area contributed by atoms with Crippen molar-refractivity contribution in [2.45, 2.75) is 25.9 Å². The number of hydrogen-bond donors (Lipinski definition) is 2. The van der Waals surface area contributed by atoms with Crippen molar-refractivity contribution in [3.05, 3.63) is 6.33 Å². The summed E-state index contributed by atoms with van der Waals surface area (Å²) in [4.78, 5) is 15.0. The van der Waals surface area contributed by atoms with Gasteiger partial charge in [-0.3, -0.25) is 0 Å². The molecule has 9 heteroatoms. The van der Waals surface area contributed by atoms with E-state index < -0.39 is 12.6 Å². The fraction of sp³-hybridized carbons (Fsp3) is 0.545. The largest absolute Gasteiger partial charge is 0.476 e. The van der Waals surface area contributed by atoms with E-state index in [0.717, 1.165) is 0 Å². The number of hydrogen-bond acceptors (Lipinski definition) is 5. The second-order valence-electron chi connectivity index (χ2n) is 4.05. The number of imidazole rings is 1. The zero-order valence-electron chi connectivity index (χ0n) is 10.8. The average Bonchev–Trinajstić information content (AvgIpc) is 2.82. The van der Waals surface area contributed by atoms with Crippen LogP contribution in [-0.2, 0) is 0 Å². The monoisotopic (exact) mass is 289 g/mol. The summed E-state index contributed by atoms with van der Waals surface area (Å²) >= 11 is 0. The second kappa shape index (κ2) is 5.93. The van der Waals surface area contributed by atoms with Crippen molar-refractivity contribution in [2.24, 2.45) is 0 Å². The molecule has 110 valence electrons. The maximum Gasteiger partial charge on any atom is 0.389 e. The first kappa shape index (κ1) is 14.4. The summed E-state index contributed by atoms with van der Waals surface area (Å²) in [6, 6.07) is 0. The number of ether oxygens (including phenoxy) is 1. The Hall–Kier alpha value is -2.06. The Kier molecular flexibility index (Phi) is 4.26. The molecule has 6 nitrogen and oxygen atoms in total. The number of H-pyrrole nitrogens is 1. The van der Waals surface area contributed by atoms with Crippen LogP contribution in [0, 0.1) is 0 Å². The molecule has 0 spiro atoms. The number of aromatic nitrogens is 4. The van der Waals surface area contributed by atoms with Crippen molar-refractivity contribution in [1.29, 1.82) is 0 Å². The molecule has 0 aliphatic carbocycles. The van der Waals surface area contributed by atoms with Crippen molar-refractivity contribution in [2.75, 3.05) is 18.5 Å². The number of anilines is 1. The summed E-state index contributed by atoms with van der Waals surface area (Å²) in [5.41, 5.74) is 0.875. The first-order valence-electron chi connectivity index (χ1n) is 6.14. The molecule has 0 aliphatic rings. The van der Waals surface area contributed by atoms with Crippen LogP contribution in [0.25, 0.3) is 11.2 Å². The molecule has 0 radical (unpaired) electrons. The Morgan fingerprint density at radius 3 is 2.85 bits per heavy atom. The minimum Gasteiger partial charge on any atom is -0.476 e. The molecule has 2 N–H and O–H groups in total. The molecule has 2 rings (SSSR count). The van der Waals surface area contributed by atoms with Crippen LogP contribution in [0.2, 0.25) is 0 Å². The van der Waals surface area contributed by atoms with Gasteiger partial charge in [0, 0.05) is 13.0 Å². The van der Waals surface area contributed by atoms with Crippen molar-refractivity contribution in [3.63, 3.8) is 0 Å². The lowest BCUT2D eigenvalue weighted by atomic mass is 10.3. The molecular formula is C11H14F3N5O. The minimum absolute atomic E-state index is 0.0732. The van der Waals surface area contributed by atoms with E-state index in [1.807, 2.05) is 6.92 Å². The van der Waals surface area contributed by atoms with Crippen LogP contribution in [0.5, 0.6) is 5.88 Å². The van der Waals surface area contributed by atoms with E-state index in [0.29, 0.717) is 23.7 Å². The van der Waals surface area contributed by atoms with E-state index in [2.05, 4.69) is 25.3 Å². The van der Waals surface area contributed by atoms with Gasteiger partial charge in [-0.05, 0) is 13.3 Å². The van der Waals surface area contributed by atoms with E-state index in [1.165, 1.54) is 6.33 Å². The smallest absolute Gasteiger partial charge is 0.389 e. The van der Waals surface area contributed by atoms with E-state index in [-0.39, 0.29) is 18.9 Å². The standard InChI is InChI=1S/C11H14F3N5O/c1-2-15-10-18-8-7(16-6-17-8)9(19-10)20-5-3-4-11(12,13)14/h6H,2-5H2,1H3,(H2,15,16,17,18,19). The highest BCUT2D eigenvalue weighted by Crippen LogP contribution is 2.23. The minimum atomic E-state index is -4.17. The fourth-order valence-electron chi connectivity index (χ4n) is 1.59. The predicted molar refractivity (Wildman–Crippen MR) is 66.6 cm³/mol. The summed E-state index contributed by atoms with van der Waals surface area (Å²) in [7, 11) is 0. The molecule has 0 atom stereocenters. The van der Waals surface area contributed by atoms with Gasteiger partial charge in [-0.1, -0.05) is 0 Å². The molecular weight excluding hydrogens is 275 g/mol. The molecule has 2 heterocycles. The lowest BCUT2D eigenvalue weighted by Gasteiger charge is -2.09. The molecule has 0 amide bonds. The highest BCUT2D eigenvalue weighted by atomic mass is 19.4. The summed E-state index contributed by atoms with van der Waals surface area (Å²) in [5, 5.41) is 2.91. The van der Waals surface area contributed by atoms with Gasteiger partial charge in [0.15, 0.2) is 5.65 Å². The van der Waals surface area contributed by atoms with Gasteiger partial charge >= 0.3 is 6.18 Å². The zero-order valence-corrected chi connectivity index (χ0v) is 10.8. The van der Waals surface area contributed by atoms with Crippen LogP contribution in [0.4, 0.5) is 19.1 Å². The van der Waals surface area contributed by atoms with Gasteiger partial charge in [-0.15, -0.1) is 0 Å². The summed E-state index contributed by atoms with van der Waals surface area (Å²) in [6.45, 7) is 2.42. The molecule has 0 saturated carbocycles. The van der Waals surface area contributed by atoms with Crippen LogP contribution in [0.15, 0.2) is 6.33 Å². The highest BCUT2D eigenvalue weighted by molar-refractivity contribution is 5.76. The molecule has 2 aromatic heterocycles. The maximum absolute atomic E-state index is 12.0. The number of aromatic amines is 1. The first-order chi connectivity index (χ1) is 9.49. The molecule has 2 aromatic rings. The Morgan fingerprint density at radius 2 is 2.15 bits per heavy atom. The van der Waals surface area contributed by atoms with E-state index in [1.54, 1.807) is 0 Å². The fourth-order valence-corrected chi connectivity index (χ4v) is 1.59. The Balaban J connectivity index is 2.06. The van der Waals surface area contributed by atoms with Gasteiger partial charge in [-0.2, -0.15) is 23.1 Å². The van der Waals surface area contributed by atoms with Crippen LogP contribution < -0.4 is 10.1 Å². The van der Waals surface area contributed by atoms with Crippen molar-refractivity contribution >= 4 is 17.1 Å². The van der Waals surface area contributed by atoms with E-state index in [4.69, 9.17) is 4.74 Å². The SMILES string of the molecule is CCNc1nc(OCCCC(F)(F)F)c2[nH]cnc2n1. The Morgan fingerprint density at radius 1 is 1.35 bits per heavy atom. The quantitative estimate of drug-likeness (QED) is 0.799. The molecule has 0 unspecified atom stereocenters. The first-order valence-corrected chi connectivity index (χ1v) is 6.14. The van der Waals surface area contributed by atoms with Crippen molar-refractivity contribution in [1.82, 2.24) is 19.9 Å². The number of rotatable bonds is 6. The third kappa shape index (κ3) is 3.72. The van der Waals surface area contributed by atoms with Crippen LogP contribution in [-0.4, -0.2) is 39.3 Å². The van der Waals surface area contributed by atoms with Crippen LogP contribution in [0.3, 0.4) is 0 Å². The van der Waals surface area contributed by atoms with Crippen molar-refractivity contribution in [3.8, 4) is 5.88 Å². The summed E-state index contributed by atoms with van der Waals surface area (Å²) in [5.74, 6) is 0.531. The number of nitrogens with one attached hydrogen (secondary N) is 2. The van der Waals surface area contributed by atoms with Gasteiger partial charge < -0.3 is 15.0 Å². The highest BCUT2D eigenvalue weighted by Gasteiger charge is 2.26. The third-order valence-corrected chi connectivity index (χ3v) is 2.43. The van der Waals surface area contributed by atoms with E-state index in [9.17, 15) is 13.2 Å². The van der Waals surface area contributed by atoms with Gasteiger partial charge in [0.05, 0.1) is 12.9 Å². The average molecular weight is 289 g/mol. The van der Waals surface area contributed by atoms with Crippen LogP contribution >= 0.6 is 0 Å². The summed E-state index contributed by atoms with van der Waals surface area (Å²) in [6.07, 6.45) is -3.76. The topological polar surface area (TPSA) is 75.7 Å². The lowest BCUT2D eigenvalue weighted by Crippen LogP contribution is -2.11. The number of alkyl halides is 3. The predicted octanol–water partition coefficient (Wildman–Crippen LogP) is 2.51. The Bertz CT molecular complexity index is 569. The molecule has 0 aliphatic heterocycles. The number of fused-ring (bicyclic) bond motifs is 1. The Labute approximate surface area is 112 Å². The number of halogens is 3. The van der Waals surface area contributed by atoms with Gasteiger partial charge in [0.25, 0.3) is 0 Å². The lowest BCUT2D eigenvalue weighted by molar-refractivity contribution is -0.136. The third-order valence-electron chi connectivity index (χ3n) is 2.43. The maximum atomic E-state index is 12.0. The number of nitrogens with zero attached hydrogens (tertiary/aromatic N) is 3. The second-order valence-corrected chi connectivity index (χ2v) is 4.05. The van der Waals surface area contributed by atoms with Crippen LogP contribution in [0.1, 0.15) is 19.8 Å². The van der Waals surface area contributed by atoms with Gasteiger partial charge in [0.2, 0.25) is 11.8 Å². The van der Waals surface area contributed by atoms with E-state index >= 15 is 0 Å². The normalized spacial score (nSPS) is 11.8. The molecule has 0 fully saturated rings. The van der Waals surface area contributed by atoms with Crippen molar-refractivity contribution < 1.29 is 17.9 Å². The molecule has 0 saturated heterocycles. The summed E-state index contributed by atoms with van der Waals surface area (Å²) < 4.78 is 41.4. The van der Waals surface area contributed by atoms with Gasteiger partial charge in [0.1, 0.15) is 5.52 Å². The molecule has 20 heavy (non-hydrogen) atoms. The zero-order chi connectivity index (χ0) is 14.6. The van der Waals surface area contributed by atoms with Gasteiger partial charge in [-0.25, -0.2) is 4.98 Å². The molecule has 0 bridgehead atoms.